The van der Waals surface area contributed by atoms with Crippen LogP contribution in [0.2, 0.25) is 0 Å². The zero-order chi connectivity index (χ0) is 12.8. The molecule has 0 unspecified atom stereocenters. The number of anilines is 1. The molecule has 0 fully saturated rings. The van der Waals surface area contributed by atoms with E-state index < -0.39 is 10.9 Å². The van der Waals surface area contributed by atoms with E-state index in [-0.39, 0.29) is 16.9 Å². The second-order valence-corrected chi connectivity index (χ2v) is 4.20. The Hall–Kier alpha value is -1.76. The van der Waals surface area contributed by atoms with Gasteiger partial charge in [-0.2, -0.15) is 11.8 Å². The molecule has 0 aliphatic rings. The molecule has 0 saturated carbocycles. The minimum absolute atomic E-state index is 0.0386. The first-order chi connectivity index (χ1) is 8.06. The Balaban J connectivity index is 2.98. The molecule has 6 nitrogen and oxygen atoms in total. The molecule has 0 aliphatic heterocycles. The van der Waals surface area contributed by atoms with Crippen LogP contribution in [-0.4, -0.2) is 34.6 Å². The van der Waals surface area contributed by atoms with E-state index in [2.05, 4.69) is 5.32 Å². The molecule has 0 heterocycles. The summed E-state index contributed by atoms with van der Waals surface area (Å²) in [6, 6.07) is 3.66. The van der Waals surface area contributed by atoms with Crippen LogP contribution in [0.5, 0.6) is 0 Å². The van der Waals surface area contributed by atoms with Gasteiger partial charge in [0.15, 0.2) is 0 Å². The Bertz CT molecular complexity index is 436. The smallest absolute Gasteiger partial charge is 0.337 e. The van der Waals surface area contributed by atoms with Crippen LogP contribution >= 0.6 is 11.8 Å². The monoisotopic (exact) mass is 256 g/mol. The zero-order valence-corrected chi connectivity index (χ0v) is 9.99. The largest absolute Gasteiger partial charge is 0.478 e. The number of nitro benzene ring substituents is 1. The number of aromatic carboxylic acids is 1. The van der Waals surface area contributed by atoms with Crippen LogP contribution in [0.15, 0.2) is 18.2 Å². The lowest BCUT2D eigenvalue weighted by Crippen LogP contribution is -2.09. The van der Waals surface area contributed by atoms with E-state index in [1.807, 2.05) is 6.26 Å². The third kappa shape index (κ3) is 3.63. The molecule has 0 aromatic heterocycles. The molecule has 2 N–H and O–H groups in total. The van der Waals surface area contributed by atoms with Gasteiger partial charge in [-0.3, -0.25) is 10.1 Å². The summed E-state index contributed by atoms with van der Waals surface area (Å²) in [5.41, 5.74) is 0.194. The molecule has 0 amide bonds. The number of benzene rings is 1. The van der Waals surface area contributed by atoms with Crippen LogP contribution in [0.3, 0.4) is 0 Å². The maximum atomic E-state index is 10.9. The van der Waals surface area contributed by atoms with Crippen molar-refractivity contribution in [1.82, 2.24) is 0 Å². The lowest BCUT2D eigenvalue weighted by molar-refractivity contribution is -0.384. The summed E-state index contributed by atoms with van der Waals surface area (Å²) in [4.78, 5) is 21.0. The summed E-state index contributed by atoms with van der Waals surface area (Å²) < 4.78 is 0. The molecule has 0 saturated heterocycles. The number of carbonyl (C=O) groups is 1. The van der Waals surface area contributed by atoms with Crippen molar-refractivity contribution in [3.8, 4) is 0 Å². The fourth-order valence-corrected chi connectivity index (χ4v) is 1.57. The normalized spacial score (nSPS) is 9.94. The molecule has 0 atom stereocenters. The molecule has 0 spiro atoms. The number of hydrogen-bond donors (Lipinski definition) is 2. The predicted octanol–water partition coefficient (Wildman–Crippen LogP) is 2.07. The maximum absolute atomic E-state index is 10.9. The average Bonchev–Trinajstić information content (AvgIpc) is 2.28. The first-order valence-corrected chi connectivity index (χ1v) is 6.20. The molecule has 1 aromatic rings. The third-order valence-electron chi connectivity index (χ3n) is 2.07. The lowest BCUT2D eigenvalue weighted by Gasteiger charge is -2.08. The Morgan fingerprint density at radius 3 is 2.82 bits per heavy atom. The van der Waals surface area contributed by atoms with E-state index in [1.165, 1.54) is 18.2 Å². The van der Waals surface area contributed by atoms with Crippen molar-refractivity contribution >= 4 is 29.1 Å². The van der Waals surface area contributed by atoms with Crippen LogP contribution < -0.4 is 5.32 Å². The standard InChI is InChI=1S/C10H12N2O4S/c1-17-5-4-11-9-6-7(12(15)16)2-3-8(9)10(13)14/h2-3,6,11H,4-5H2,1H3,(H,13,14). The van der Waals surface area contributed by atoms with Crippen molar-refractivity contribution in [3.63, 3.8) is 0 Å². The van der Waals surface area contributed by atoms with E-state index in [0.717, 1.165) is 5.75 Å². The molecule has 1 aromatic carbocycles. The van der Waals surface area contributed by atoms with Gasteiger partial charge in [0.25, 0.3) is 5.69 Å². The minimum atomic E-state index is -1.11. The van der Waals surface area contributed by atoms with Gasteiger partial charge in [-0.15, -0.1) is 0 Å². The van der Waals surface area contributed by atoms with E-state index in [1.54, 1.807) is 11.8 Å². The molecule has 17 heavy (non-hydrogen) atoms. The molecule has 0 bridgehead atoms. The molecular formula is C10H12N2O4S. The van der Waals surface area contributed by atoms with E-state index >= 15 is 0 Å². The van der Waals surface area contributed by atoms with Crippen molar-refractivity contribution in [2.24, 2.45) is 0 Å². The fraction of sp³-hybridized carbons (Fsp3) is 0.300. The third-order valence-corrected chi connectivity index (χ3v) is 2.68. The highest BCUT2D eigenvalue weighted by Gasteiger charge is 2.14. The summed E-state index contributed by atoms with van der Waals surface area (Å²) in [5, 5.41) is 22.4. The zero-order valence-electron chi connectivity index (χ0n) is 9.17. The number of thioether (sulfide) groups is 1. The van der Waals surface area contributed by atoms with Crippen molar-refractivity contribution in [1.29, 1.82) is 0 Å². The lowest BCUT2D eigenvalue weighted by atomic mass is 10.1. The van der Waals surface area contributed by atoms with Crippen LogP contribution in [0.4, 0.5) is 11.4 Å². The van der Waals surface area contributed by atoms with Gasteiger partial charge in [-0.05, 0) is 12.3 Å². The van der Waals surface area contributed by atoms with Gasteiger partial charge >= 0.3 is 5.97 Å². The maximum Gasteiger partial charge on any atom is 0.337 e. The number of hydrogen-bond acceptors (Lipinski definition) is 5. The number of nitrogens with zero attached hydrogens (tertiary/aromatic N) is 1. The van der Waals surface area contributed by atoms with Crippen LogP contribution in [0.1, 0.15) is 10.4 Å². The number of carboxylic acid groups (broad SMARTS) is 1. The van der Waals surface area contributed by atoms with Gasteiger partial charge in [0, 0.05) is 24.4 Å². The second-order valence-electron chi connectivity index (χ2n) is 3.21. The van der Waals surface area contributed by atoms with E-state index in [4.69, 9.17) is 5.11 Å². The Kier molecular flexibility index (Phi) is 4.77. The fourth-order valence-electron chi connectivity index (χ4n) is 1.27. The van der Waals surface area contributed by atoms with Crippen molar-refractivity contribution in [2.75, 3.05) is 23.9 Å². The summed E-state index contributed by atoms with van der Waals surface area (Å²) in [6.07, 6.45) is 1.92. The number of rotatable bonds is 6. The van der Waals surface area contributed by atoms with E-state index in [9.17, 15) is 14.9 Å². The van der Waals surface area contributed by atoms with Gasteiger partial charge in [-0.25, -0.2) is 4.79 Å². The summed E-state index contributed by atoms with van der Waals surface area (Å²) in [7, 11) is 0. The summed E-state index contributed by atoms with van der Waals surface area (Å²) >= 11 is 1.60. The highest BCUT2D eigenvalue weighted by atomic mass is 32.2. The molecule has 7 heteroatoms. The Morgan fingerprint density at radius 1 is 1.59 bits per heavy atom. The summed E-state index contributed by atoms with van der Waals surface area (Å²) in [6.45, 7) is 0.558. The minimum Gasteiger partial charge on any atom is -0.478 e. The molecular weight excluding hydrogens is 244 g/mol. The highest BCUT2D eigenvalue weighted by Crippen LogP contribution is 2.22. The van der Waals surface area contributed by atoms with Crippen LogP contribution in [0, 0.1) is 10.1 Å². The number of carboxylic acids is 1. The predicted molar refractivity (Wildman–Crippen MR) is 66.9 cm³/mol. The number of nitro groups is 1. The SMILES string of the molecule is CSCCNc1cc([N+](=O)[O-])ccc1C(=O)O. The number of non-ortho nitro benzene ring substituents is 1. The Labute approximate surface area is 102 Å². The second kappa shape index (κ2) is 6.09. The van der Waals surface area contributed by atoms with Crippen LogP contribution in [0.25, 0.3) is 0 Å². The molecule has 0 radical (unpaired) electrons. The number of nitrogens with one attached hydrogen (secondary N) is 1. The van der Waals surface area contributed by atoms with Gasteiger partial charge in [0.05, 0.1) is 16.2 Å². The van der Waals surface area contributed by atoms with Gasteiger partial charge in [0.1, 0.15) is 0 Å². The van der Waals surface area contributed by atoms with E-state index in [0.29, 0.717) is 6.54 Å². The molecule has 0 aliphatic carbocycles. The van der Waals surface area contributed by atoms with Crippen molar-refractivity contribution < 1.29 is 14.8 Å². The highest BCUT2D eigenvalue weighted by molar-refractivity contribution is 7.98. The van der Waals surface area contributed by atoms with Crippen molar-refractivity contribution in [3.05, 3.63) is 33.9 Å². The molecule has 1 rings (SSSR count). The van der Waals surface area contributed by atoms with Crippen LogP contribution in [-0.2, 0) is 0 Å². The van der Waals surface area contributed by atoms with Gasteiger partial charge in [0.2, 0.25) is 0 Å². The van der Waals surface area contributed by atoms with Gasteiger partial charge < -0.3 is 10.4 Å². The quantitative estimate of drug-likeness (QED) is 0.460. The van der Waals surface area contributed by atoms with Gasteiger partial charge in [-0.1, -0.05) is 0 Å². The first kappa shape index (κ1) is 13.3. The first-order valence-electron chi connectivity index (χ1n) is 4.80. The average molecular weight is 256 g/mol. The van der Waals surface area contributed by atoms with Crippen molar-refractivity contribution in [2.45, 2.75) is 0 Å². The Morgan fingerprint density at radius 2 is 2.29 bits per heavy atom. The molecule has 92 valence electrons. The summed E-state index contributed by atoms with van der Waals surface area (Å²) in [5.74, 6) is -0.312. The topological polar surface area (TPSA) is 92.5 Å².